The molecule has 0 bridgehead atoms. The summed E-state index contributed by atoms with van der Waals surface area (Å²) in [5.41, 5.74) is -0.00684. The first kappa shape index (κ1) is 19.8. The Morgan fingerprint density at radius 2 is 1.73 bits per heavy atom. The molecule has 1 aromatic carbocycles. The highest BCUT2D eigenvalue weighted by Crippen LogP contribution is 2.23. The molecule has 4 rings (SSSR count). The van der Waals surface area contributed by atoms with Gasteiger partial charge in [0, 0.05) is 33.2 Å². The molecule has 3 heterocycles. The molecule has 9 heteroatoms. The summed E-state index contributed by atoms with van der Waals surface area (Å²) in [5.74, 6) is -0.972. The van der Waals surface area contributed by atoms with Gasteiger partial charge in [-0.3, -0.25) is 14.4 Å². The maximum Gasteiger partial charge on any atom is 0.265 e. The number of aryl methyl sites for hydroxylation is 2. The number of fused-ring (bicyclic) bond motifs is 1. The van der Waals surface area contributed by atoms with Gasteiger partial charge in [0.2, 0.25) is 5.71 Å². The summed E-state index contributed by atoms with van der Waals surface area (Å²) >= 11 is 0. The fraction of sp³-hybridized carbons (Fsp3) is 0.333. The van der Waals surface area contributed by atoms with Crippen LogP contribution in [-0.4, -0.2) is 57.3 Å². The Hall–Kier alpha value is -3.49. The molecule has 1 aliphatic heterocycles. The number of benzene rings is 1. The van der Waals surface area contributed by atoms with E-state index in [4.69, 9.17) is 4.42 Å². The van der Waals surface area contributed by atoms with Gasteiger partial charge < -0.3 is 18.8 Å². The zero-order valence-electron chi connectivity index (χ0n) is 16.7. The maximum atomic E-state index is 14.0. The minimum atomic E-state index is -0.566. The second kappa shape index (κ2) is 7.74. The third-order valence-electron chi connectivity index (χ3n) is 5.34. The Morgan fingerprint density at radius 3 is 2.43 bits per heavy atom. The summed E-state index contributed by atoms with van der Waals surface area (Å²) in [4.78, 5) is 45.7. The van der Waals surface area contributed by atoms with Crippen LogP contribution in [0.4, 0.5) is 4.39 Å². The predicted octanol–water partition coefficient (Wildman–Crippen LogP) is 1.96. The predicted molar refractivity (Wildman–Crippen MR) is 107 cm³/mol. The summed E-state index contributed by atoms with van der Waals surface area (Å²) in [6.45, 7) is 2.98. The SMILES string of the molecule is Cc1oc2ncn(C)c(=O)c2c1C(=O)N1CCCN(C(=O)c2ccccc2F)CC1. The lowest BCUT2D eigenvalue weighted by Gasteiger charge is -2.22. The molecule has 0 N–H and O–H groups in total. The Morgan fingerprint density at radius 1 is 1.07 bits per heavy atom. The number of furan rings is 1. The third-order valence-corrected chi connectivity index (χ3v) is 5.34. The number of aromatic nitrogens is 2. The van der Waals surface area contributed by atoms with Crippen LogP contribution < -0.4 is 5.56 Å². The van der Waals surface area contributed by atoms with E-state index in [1.54, 1.807) is 29.8 Å². The summed E-state index contributed by atoms with van der Waals surface area (Å²) in [7, 11) is 1.56. The van der Waals surface area contributed by atoms with E-state index in [1.807, 2.05) is 0 Å². The molecule has 0 atom stereocenters. The third kappa shape index (κ3) is 3.36. The van der Waals surface area contributed by atoms with Crippen LogP contribution >= 0.6 is 0 Å². The lowest BCUT2D eigenvalue weighted by Crippen LogP contribution is -2.38. The van der Waals surface area contributed by atoms with Crippen molar-refractivity contribution < 1.29 is 18.4 Å². The highest BCUT2D eigenvalue weighted by atomic mass is 19.1. The van der Waals surface area contributed by atoms with Crippen molar-refractivity contribution in [3.05, 3.63) is 63.7 Å². The van der Waals surface area contributed by atoms with E-state index in [9.17, 15) is 18.8 Å². The smallest absolute Gasteiger partial charge is 0.265 e. The number of hydrogen-bond acceptors (Lipinski definition) is 5. The van der Waals surface area contributed by atoms with Gasteiger partial charge in [0.1, 0.15) is 23.3 Å². The molecule has 0 unspecified atom stereocenters. The van der Waals surface area contributed by atoms with Crippen molar-refractivity contribution in [3.8, 4) is 0 Å². The van der Waals surface area contributed by atoms with Crippen molar-refractivity contribution in [2.24, 2.45) is 7.05 Å². The molecule has 2 amide bonds. The molecule has 0 saturated carbocycles. The van der Waals surface area contributed by atoms with E-state index in [1.165, 1.54) is 29.1 Å². The molecule has 0 spiro atoms. The molecule has 3 aromatic rings. The normalized spacial score (nSPS) is 14.8. The Bertz CT molecular complexity index is 1200. The highest BCUT2D eigenvalue weighted by Gasteiger charge is 2.29. The topological polar surface area (TPSA) is 88.6 Å². The summed E-state index contributed by atoms with van der Waals surface area (Å²) < 4.78 is 20.8. The molecule has 0 radical (unpaired) electrons. The molecule has 8 nitrogen and oxygen atoms in total. The number of halogens is 1. The van der Waals surface area contributed by atoms with E-state index in [-0.39, 0.29) is 46.8 Å². The van der Waals surface area contributed by atoms with Gasteiger partial charge in [-0.15, -0.1) is 0 Å². The van der Waals surface area contributed by atoms with Crippen LogP contribution in [-0.2, 0) is 7.05 Å². The van der Waals surface area contributed by atoms with Crippen LogP contribution in [0.1, 0.15) is 32.9 Å². The average molecular weight is 412 g/mol. The summed E-state index contributed by atoms with van der Waals surface area (Å²) in [5, 5.41) is 0.158. The van der Waals surface area contributed by atoms with Gasteiger partial charge in [-0.1, -0.05) is 12.1 Å². The molecule has 156 valence electrons. The zero-order valence-corrected chi connectivity index (χ0v) is 16.7. The van der Waals surface area contributed by atoms with Crippen LogP contribution in [0.2, 0.25) is 0 Å². The van der Waals surface area contributed by atoms with E-state index >= 15 is 0 Å². The lowest BCUT2D eigenvalue weighted by atomic mass is 10.1. The van der Waals surface area contributed by atoms with Gasteiger partial charge in [0.15, 0.2) is 0 Å². The fourth-order valence-corrected chi connectivity index (χ4v) is 3.73. The molecular weight excluding hydrogens is 391 g/mol. The number of rotatable bonds is 2. The monoisotopic (exact) mass is 412 g/mol. The van der Waals surface area contributed by atoms with Gasteiger partial charge in [-0.05, 0) is 25.5 Å². The number of carbonyl (C=O) groups excluding carboxylic acids is 2. The summed E-state index contributed by atoms with van der Waals surface area (Å²) in [6.07, 6.45) is 1.89. The van der Waals surface area contributed by atoms with Crippen molar-refractivity contribution in [2.45, 2.75) is 13.3 Å². The minimum Gasteiger partial charge on any atom is -0.442 e. The van der Waals surface area contributed by atoms with Crippen molar-refractivity contribution in [3.63, 3.8) is 0 Å². The zero-order chi connectivity index (χ0) is 21.4. The Labute approximate surface area is 171 Å². The van der Waals surface area contributed by atoms with Gasteiger partial charge in [-0.2, -0.15) is 0 Å². The molecule has 2 aromatic heterocycles. The first-order valence-corrected chi connectivity index (χ1v) is 9.66. The van der Waals surface area contributed by atoms with E-state index < -0.39 is 11.7 Å². The first-order valence-electron chi connectivity index (χ1n) is 9.66. The van der Waals surface area contributed by atoms with Crippen molar-refractivity contribution >= 4 is 22.9 Å². The van der Waals surface area contributed by atoms with Crippen LogP contribution in [0.5, 0.6) is 0 Å². The van der Waals surface area contributed by atoms with Gasteiger partial charge in [0.05, 0.1) is 11.1 Å². The Kier molecular flexibility index (Phi) is 5.11. The van der Waals surface area contributed by atoms with Gasteiger partial charge >= 0.3 is 0 Å². The standard InChI is InChI=1S/C21H21FN4O4/c1-13-16(17-18(30-13)23-12-24(2)20(17)28)21(29)26-9-5-8-25(10-11-26)19(27)14-6-3-4-7-15(14)22/h3-4,6-7,12H,5,8-11H2,1-2H3. The van der Waals surface area contributed by atoms with Crippen molar-refractivity contribution in [2.75, 3.05) is 26.2 Å². The lowest BCUT2D eigenvalue weighted by molar-refractivity contribution is 0.0716. The number of amides is 2. The maximum absolute atomic E-state index is 14.0. The molecule has 0 aliphatic carbocycles. The van der Waals surface area contributed by atoms with E-state index in [0.29, 0.717) is 25.3 Å². The van der Waals surface area contributed by atoms with E-state index in [0.717, 1.165) is 0 Å². The largest absolute Gasteiger partial charge is 0.442 e. The van der Waals surface area contributed by atoms with Crippen LogP contribution in [0.3, 0.4) is 0 Å². The Balaban J connectivity index is 1.58. The molecule has 1 aliphatic rings. The number of nitrogens with zero attached hydrogens (tertiary/aromatic N) is 4. The van der Waals surface area contributed by atoms with Crippen LogP contribution in [0.25, 0.3) is 11.1 Å². The number of carbonyl (C=O) groups is 2. The molecule has 1 fully saturated rings. The fourth-order valence-electron chi connectivity index (χ4n) is 3.73. The highest BCUT2D eigenvalue weighted by molar-refractivity contribution is 6.06. The first-order chi connectivity index (χ1) is 14.4. The van der Waals surface area contributed by atoms with Crippen molar-refractivity contribution in [1.29, 1.82) is 0 Å². The molecular formula is C21H21FN4O4. The minimum absolute atomic E-state index is 0.0171. The average Bonchev–Trinajstić information content (AvgIpc) is 2.90. The van der Waals surface area contributed by atoms with Crippen LogP contribution in [0, 0.1) is 12.7 Å². The molecule has 1 saturated heterocycles. The van der Waals surface area contributed by atoms with Gasteiger partial charge in [0.25, 0.3) is 17.4 Å². The summed E-state index contributed by atoms with van der Waals surface area (Å²) in [6, 6.07) is 5.86. The van der Waals surface area contributed by atoms with Crippen molar-refractivity contribution in [1.82, 2.24) is 19.4 Å². The van der Waals surface area contributed by atoms with Gasteiger partial charge in [-0.25, -0.2) is 9.37 Å². The second-order valence-electron chi connectivity index (χ2n) is 7.29. The van der Waals surface area contributed by atoms with Crippen LogP contribution in [0.15, 0.2) is 39.8 Å². The second-order valence-corrected chi connectivity index (χ2v) is 7.29. The molecule has 30 heavy (non-hydrogen) atoms. The van der Waals surface area contributed by atoms with E-state index in [2.05, 4.69) is 4.98 Å². The quantitative estimate of drug-likeness (QED) is 0.642. The number of hydrogen-bond donors (Lipinski definition) is 0.